The summed E-state index contributed by atoms with van der Waals surface area (Å²) in [5.74, 6) is 0.562. The van der Waals surface area contributed by atoms with E-state index in [1.807, 2.05) is 41.3 Å². The van der Waals surface area contributed by atoms with Crippen LogP contribution in [0.1, 0.15) is 17.3 Å². The molecule has 1 aliphatic rings. The Morgan fingerprint density at radius 2 is 1.81 bits per heavy atom. The second-order valence-corrected chi connectivity index (χ2v) is 6.36. The van der Waals surface area contributed by atoms with Crippen LogP contribution >= 0.6 is 0 Å². The summed E-state index contributed by atoms with van der Waals surface area (Å²) in [4.78, 5) is 26.4. The molecule has 2 aromatic carbocycles. The molecular weight excluding hydrogens is 330 g/mol. The fraction of sp³-hybridized carbons (Fsp3) is 0.238. The molecule has 0 N–H and O–H groups in total. The van der Waals surface area contributed by atoms with E-state index in [-0.39, 0.29) is 11.2 Å². The molecule has 5 nitrogen and oxygen atoms in total. The molecule has 3 aromatic rings. The Morgan fingerprint density at radius 1 is 1.04 bits per heavy atom. The Morgan fingerprint density at radius 3 is 2.58 bits per heavy atom. The van der Waals surface area contributed by atoms with Crippen LogP contribution in [-0.4, -0.2) is 32.1 Å². The SMILES string of the molecule is CC(=O)c1ccccc1-c1ccc2c(=O)cc(N3CCOCC3)oc2c1. The number of carbonyl (C=O) groups is 1. The van der Waals surface area contributed by atoms with Crippen molar-refractivity contribution in [3.05, 3.63) is 64.3 Å². The van der Waals surface area contributed by atoms with Crippen molar-refractivity contribution in [3.63, 3.8) is 0 Å². The number of nitrogens with zero attached hydrogens (tertiary/aromatic N) is 1. The summed E-state index contributed by atoms with van der Waals surface area (Å²) in [7, 11) is 0. The Kier molecular flexibility index (Phi) is 4.31. The van der Waals surface area contributed by atoms with Crippen LogP contribution in [0.2, 0.25) is 0 Å². The third-order valence-electron chi connectivity index (χ3n) is 4.66. The van der Waals surface area contributed by atoms with Crippen LogP contribution in [0.3, 0.4) is 0 Å². The van der Waals surface area contributed by atoms with E-state index in [0.717, 1.165) is 11.1 Å². The molecule has 132 valence electrons. The summed E-state index contributed by atoms with van der Waals surface area (Å²) < 4.78 is 11.4. The van der Waals surface area contributed by atoms with E-state index in [1.165, 1.54) is 6.07 Å². The first-order valence-electron chi connectivity index (χ1n) is 8.64. The van der Waals surface area contributed by atoms with Crippen molar-refractivity contribution in [2.45, 2.75) is 6.92 Å². The molecule has 0 aliphatic carbocycles. The zero-order chi connectivity index (χ0) is 18.1. The third kappa shape index (κ3) is 3.02. The molecule has 0 bridgehead atoms. The molecule has 0 amide bonds. The summed E-state index contributed by atoms with van der Waals surface area (Å²) >= 11 is 0. The Bertz CT molecular complexity index is 1030. The number of carbonyl (C=O) groups excluding carboxylic acids is 1. The summed E-state index contributed by atoms with van der Waals surface area (Å²) in [6.07, 6.45) is 0. The predicted molar refractivity (Wildman–Crippen MR) is 101 cm³/mol. The normalized spacial score (nSPS) is 14.6. The van der Waals surface area contributed by atoms with E-state index in [9.17, 15) is 9.59 Å². The molecule has 26 heavy (non-hydrogen) atoms. The standard InChI is InChI=1S/C21H19NO4/c1-14(23)16-4-2-3-5-17(16)15-6-7-18-19(24)13-21(26-20(18)12-15)22-8-10-25-11-9-22/h2-7,12-13H,8-11H2,1H3. The number of hydrogen-bond donors (Lipinski definition) is 0. The van der Waals surface area contributed by atoms with Crippen molar-refractivity contribution in [1.82, 2.24) is 0 Å². The quantitative estimate of drug-likeness (QED) is 0.677. The number of hydrogen-bond acceptors (Lipinski definition) is 5. The van der Waals surface area contributed by atoms with Gasteiger partial charge in [0.2, 0.25) is 0 Å². The van der Waals surface area contributed by atoms with Gasteiger partial charge in [0.15, 0.2) is 17.1 Å². The molecule has 0 saturated carbocycles. The molecule has 1 saturated heterocycles. The highest BCUT2D eigenvalue weighted by Gasteiger charge is 2.16. The van der Waals surface area contributed by atoms with E-state index in [2.05, 4.69) is 0 Å². The minimum atomic E-state index is -0.0702. The number of fused-ring (bicyclic) bond motifs is 1. The van der Waals surface area contributed by atoms with Crippen LogP contribution in [0.5, 0.6) is 0 Å². The second kappa shape index (κ2) is 6.77. The van der Waals surface area contributed by atoms with E-state index in [4.69, 9.17) is 9.15 Å². The molecule has 1 fully saturated rings. The lowest BCUT2D eigenvalue weighted by Gasteiger charge is -2.27. The lowest BCUT2D eigenvalue weighted by atomic mass is 9.97. The highest BCUT2D eigenvalue weighted by Crippen LogP contribution is 2.28. The molecule has 0 radical (unpaired) electrons. The van der Waals surface area contributed by atoms with Crippen LogP contribution < -0.4 is 10.3 Å². The highest BCUT2D eigenvalue weighted by atomic mass is 16.5. The van der Waals surface area contributed by atoms with Crippen LogP contribution in [-0.2, 0) is 4.74 Å². The highest BCUT2D eigenvalue weighted by molar-refractivity contribution is 6.01. The lowest BCUT2D eigenvalue weighted by Crippen LogP contribution is -2.36. The first kappa shape index (κ1) is 16.5. The van der Waals surface area contributed by atoms with Crippen LogP contribution in [0.25, 0.3) is 22.1 Å². The van der Waals surface area contributed by atoms with E-state index in [0.29, 0.717) is 48.7 Å². The molecular formula is C21H19NO4. The molecule has 0 atom stereocenters. The van der Waals surface area contributed by atoms with Gasteiger partial charge in [0.1, 0.15) is 5.58 Å². The second-order valence-electron chi connectivity index (χ2n) is 6.36. The minimum Gasteiger partial charge on any atom is -0.440 e. The molecule has 1 aromatic heterocycles. The van der Waals surface area contributed by atoms with Crippen molar-refractivity contribution in [1.29, 1.82) is 0 Å². The van der Waals surface area contributed by atoms with Gasteiger partial charge >= 0.3 is 0 Å². The van der Waals surface area contributed by atoms with E-state index >= 15 is 0 Å². The Hall–Kier alpha value is -2.92. The number of anilines is 1. The van der Waals surface area contributed by atoms with Gasteiger partial charge in [0.25, 0.3) is 0 Å². The maximum Gasteiger partial charge on any atom is 0.200 e. The van der Waals surface area contributed by atoms with Gasteiger partial charge < -0.3 is 14.1 Å². The summed E-state index contributed by atoms with van der Waals surface area (Å²) in [6.45, 7) is 4.18. The molecule has 0 spiro atoms. The van der Waals surface area contributed by atoms with Crippen LogP contribution in [0.15, 0.2) is 57.7 Å². The van der Waals surface area contributed by atoms with Crippen molar-refractivity contribution in [2.24, 2.45) is 0 Å². The largest absolute Gasteiger partial charge is 0.440 e. The van der Waals surface area contributed by atoms with Gasteiger partial charge in [-0.2, -0.15) is 0 Å². The average molecular weight is 349 g/mol. The fourth-order valence-electron chi connectivity index (χ4n) is 3.29. The smallest absolute Gasteiger partial charge is 0.200 e. The van der Waals surface area contributed by atoms with Crippen molar-refractivity contribution in [3.8, 4) is 11.1 Å². The monoisotopic (exact) mass is 349 g/mol. The van der Waals surface area contributed by atoms with Gasteiger partial charge in [0, 0.05) is 24.7 Å². The lowest BCUT2D eigenvalue weighted by molar-refractivity contribution is 0.101. The van der Waals surface area contributed by atoms with Gasteiger partial charge in [-0.25, -0.2) is 0 Å². The topological polar surface area (TPSA) is 59.8 Å². The maximum atomic E-state index is 12.5. The number of benzene rings is 2. The maximum absolute atomic E-state index is 12.5. The number of Topliss-reactive ketones (excluding diaryl/α,β-unsaturated/α-hetero) is 1. The van der Waals surface area contributed by atoms with Gasteiger partial charge in [0.05, 0.1) is 18.6 Å². The zero-order valence-corrected chi connectivity index (χ0v) is 14.5. The summed E-state index contributed by atoms with van der Waals surface area (Å²) in [5.41, 5.74) is 2.79. The van der Waals surface area contributed by atoms with Crippen molar-refractivity contribution < 1.29 is 13.9 Å². The first-order valence-corrected chi connectivity index (χ1v) is 8.64. The van der Waals surface area contributed by atoms with Crippen molar-refractivity contribution >= 4 is 22.6 Å². The average Bonchev–Trinajstić information content (AvgIpc) is 2.68. The molecule has 5 heteroatoms. The Labute approximate surface area is 150 Å². The minimum absolute atomic E-state index is 0.00390. The number of ketones is 1. The first-order chi connectivity index (χ1) is 12.6. The Balaban J connectivity index is 1.84. The molecule has 2 heterocycles. The van der Waals surface area contributed by atoms with E-state index in [1.54, 1.807) is 13.0 Å². The number of rotatable bonds is 3. The van der Waals surface area contributed by atoms with Crippen LogP contribution in [0.4, 0.5) is 5.88 Å². The van der Waals surface area contributed by atoms with Crippen LogP contribution in [0, 0.1) is 0 Å². The molecule has 1 aliphatic heterocycles. The zero-order valence-electron chi connectivity index (χ0n) is 14.5. The van der Waals surface area contributed by atoms with E-state index < -0.39 is 0 Å². The van der Waals surface area contributed by atoms with Gasteiger partial charge in [-0.3, -0.25) is 9.59 Å². The van der Waals surface area contributed by atoms with Gasteiger partial charge in [-0.05, 0) is 30.2 Å². The molecule has 0 unspecified atom stereocenters. The summed E-state index contributed by atoms with van der Waals surface area (Å²) in [6, 6.07) is 14.4. The van der Waals surface area contributed by atoms with Crippen molar-refractivity contribution in [2.75, 3.05) is 31.2 Å². The predicted octanol–water partition coefficient (Wildman–Crippen LogP) is 3.50. The molecule has 4 rings (SSSR count). The third-order valence-corrected chi connectivity index (χ3v) is 4.66. The number of ether oxygens (including phenoxy) is 1. The summed E-state index contributed by atoms with van der Waals surface area (Å²) in [5, 5.41) is 0.533. The fourth-order valence-corrected chi connectivity index (χ4v) is 3.29. The van der Waals surface area contributed by atoms with Gasteiger partial charge in [-0.15, -0.1) is 0 Å². The van der Waals surface area contributed by atoms with Gasteiger partial charge in [-0.1, -0.05) is 30.3 Å². The number of morpholine rings is 1.